The van der Waals surface area contributed by atoms with E-state index in [-0.39, 0.29) is 0 Å². The van der Waals surface area contributed by atoms with Crippen LogP contribution in [0.3, 0.4) is 0 Å². The monoisotopic (exact) mass is 224 g/mol. The van der Waals surface area contributed by atoms with Crippen LogP contribution < -0.4 is 0 Å². The first-order valence-corrected chi connectivity index (χ1v) is 7.35. The molecular formula is C15H30N+. The van der Waals surface area contributed by atoms with Crippen molar-refractivity contribution in [3.8, 4) is 0 Å². The minimum atomic E-state index is 0.873. The molecule has 0 aromatic rings. The van der Waals surface area contributed by atoms with Gasteiger partial charge in [-0.05, 0) is 25.7 Å². The van der Waals surface area contributed by atoms with Crippen molar-refractivity contribution in [3.63, 3.8) is 0 Å². The van der Waals surface area contributed by atoms with Crippen molar-refractivity contribution in [3.05, 3.63) is 0 Å². The molecule has 0 N–H and O–H groups in total. The second-order valence-electron chi connectivity index (χ2n) is 6.78. The molecule has 2 saturated heterocycles. The van der Waals surface area contributed by atoms with E-state index in [2.05, 4.69) is 34.6 Å². The summed E-state index contributed by atoms with van der Waals surface area (Å²) in [5.74, 6) is 2.69. The molecule has 1 spiro atoms. The highest BCUT2D eigenvalue weighted by molar-refractivity contribution is 4.82. The van der Waals surface area contributed by atoms with E-state index < -0.39 is 0 Å². The Hall–Kier alpha value is -0.0400. The molecule has 2 rings (SSSR count). The largest absolute Gasteiger partial charge is 0.319 e. The molecule has 0 radical (unpaired) electrons. The van der Waals surface area contributed by atoms with Gasteiger partial charge in [-0.1, -0.05) is 20.8 Å². The molecule has 94 valence electrons. The summed E-state index contributed by atoms with van der Waals surface area (Å²) in [6, 6.07) is 1.76. The molecule has 2 aliphatic rings. The molecule has 16 heavy (non-hydrogen) atoms. The fourth-order valence-electron chi connectivity index (χ4n) is 4.56. The van der Waals surface area contributed by atoms with Gasteiger partial charge in [0.2, 0.25) is 0 Å². The van der Waals surface area contributed by atoms with Crippen molar-refractivity contribution in [2.24, 2.45) is 17.8 Å². The Kier molecular flexibility index (Phi) is 3.36. The molecule has 5 atom stereocenters. The molecule has 0 aromatic heterocycles. The van der Waals surface area contributed by atoms with Crippen LogP contribution in [0.25, 0.3) is 0 Å². The van der Waals surface area contributed by atoms with Gasteiger partial charge in [-0.25, -0.2) is 0 Å². The highest BCUT2D eigenvalue weighted by Gasteiger charge is 2.48. The smallest absolute Gasteiger partial charge is 0.0892 e. The summed E-state index contributed by atoms with van der Waals surface area (Å²) in [6.07, 6.45) is 4.37. The third kappa shape index (κ3) is 1.72. The molecule has 0 bridgehead atoms. The van der Waals surface area contributed by atoms with Crippen molar-refractivity contribution in [1.82, 2.24) is 0 Å². The van der Waals surface area contributed by atoms with E-state index in [1.165, 1.54) is 36.8 Å². The molecule has 2 fully saturated rings. The van der Waals surface area contributed by atoms with Crippen LogP contribution >= 0.6 is 0 Å². The Morgan fingerprint density at radius 3 is 1.94 bits per heavy atom. The lowest BCUT2D eigenvalue weighted by molar-refractivity contribution is -0.962. The minimum Gasteiger partial charge on any atom is -0.319 e. The number of hydrogen-bond acceptors (Lipinski definition) is 0. The topological polar surface area (TPSA) is 0 Å². The molecular weight excluding hydrogens is 194 g/mol. The van der Waals surface area contributed by atoms with Gasteiger partial charge in [0.05, 0.1) is 25.2 Å². The number of quaternary nitrogens is 1. The Labute approximate surface area is 102 Å². The summed E-state index contributed by atoms with van der Waals surface area (Å²) in [5, 5.41) is 0. The summed E-state index contributed by atoms with van der Waals surface area (Å²) in [5.41, 5.74) is 0. The third-order valence-corrected chi connectivity index (χ3v) is 6.29. The summed E-state index contributed by atoms with van der Waals surface area (Å²) in [4.78, 5) is 0. The fourth-order valence-corrected chi connectivity index (χ4v) is 4.56. The number of nitrogens with zero attached hydrogens (tertiary/aromatic N) is 1. The van der Waals surface area contributed by atoms with Gasteiger partial charge in [-0.3, -0.25) is 0 Å². The molecule has 0 aromatic carbocycles. The van der Waals surface area contributed by atoms with Crippen molar-refractivity contribution in [1.29, 1.82) is 0 Å². The van der Waals surface area contributed by atoms with Crippen LogP contribution in [-0.2, 0) is 0 Å². The van der Waals surface area contributed by atoms with E-state index in [0.29, 0.717) is 0 Å². The lowest BCUT2D eigenvalue weighted by atomic mass is 9.81. The van der Waals surface area contributed by atoms with E-state index in [1.807, 2.05) is 0 Å². The van der Waals surface area contributed by atoms with E-state index >= 15 is 0 Å². The standard InChI is InChI=1S/C15H30N/c1-11-10-12(2)16(8-6-7-9-16)15(5)14(4)13(11)3/h11-15H,6-10H2,1-5H3/q+1. The Morgan fingerprint density at radius 1 is 0.812 bits per heavy atom. The summed E-state index contributed by atoms with van der Waals surface area (Å²) >= 11 is 0. The van der Waals surface area contributed by atoms with Gasteiger partial charge in [0, 0.05) is 25.2 Å². The van der Waals surface area contributed by atoms with Crippen LogP contribution in [0.4, 0.5) is 0 Å². The van der Waals surface area contributed by atoms with E-state index in [9.17, 15) is 0 Å². The first-order chi connectivity index (χ1) is 7.49. The molecule has 2 aliphatic heterocycles. The first kappa shape index (κ1) is 12.4. The maximum Gasteiger partial charge on any atom is 0.0892 e. The van der Waals surface area contributed by atoms with E-state index in [1.54, 1.807) is 0 Å². The van der Waals surface area contributed by atoms with Gasteiger partial charge in [-0.15, -0.1) is 0 Å². The van der Waals surface area contributed by atoms with Gasteiger partial charge in [-0.2, -0.15) is 0 Å². The Balaban J connectivity index is 2.30. The van der Waals surface area contributed by atoms with Crippen molar-refractivity contribution >= 4 is 0 Å². The first-order valence-electron chi connectivity index (χ1n) is 7.35. The molecule has 1 nitrogen and oxygen atoms in total. The quantitative estimate of drug-likeness (QED) is 0.551. The normalized spacial score (nSPS) is 48.2. The van der Waals surface area contributed by atoms with Gasteiger partial charge in [0.1, 0.15) is 0 Å². The molecule has 1 heteroatoms. The zero-order valence-corrected chi connectivity index (χ0v) is 11.9. The molecule has 2 heterocycles. The van der Waals surface area contributed by atoms with Crippen LogP contribution in [0.2, 0.25) is 0 Å². The number of rotatable bonds is 0. The van der Waals surface area contributed by atoms with Crippen molar-refractivity contribution in [2.45, 2.75) is 66.0 Å². The molecule has 5 unspecified atom stereocenters. The average molecular weight is 224 g/mol. The predicted octanol–water partition coefficient (Wildman–Crippen LogP) is 3.69. The van der Waals surface area contributed by atoms with Crippen LogP contribution in [0, 0.1) is 17.8 Å². The van der Waals surface area contributed by atoms with E-state index in [4.69, 9.17) is 0 Å². The van der Waals surface area contributed by atoms with Crippen molar-refractivity contribution < 1.29 is 4.48 Å². The Bertz CT molecular complexity index is 242. The zero-order valence-electron chi connectivity index (χ0n) is 11.9. The molecule has 0 amide bonds. The SMILES string of the molecule is CC1CC(C)[N+]2(CCCC2)C(C)C(C)C1C. The molecule has 0 aliphatic carbocycles. The second-order valence-corrected chi connectivity index (χ2v) is 6.78. The summed E-state index contributed by atoms with van der Waals surface area (Å²) in [7, 11) is 0. The summed E-state index contributed by atoms with van der Waals surface area (Å²) < 4.78 is 1.44. The van der Waals surface area contributed by atoms with Crippen LogP contribution in [0.5, 0.6) is 0 Å². The summed E-state index contributed by atoms with van der Waals surface area (Å²) in [6.45, 7) is 15.4. The van der Waals surface area contributed by atoms with Crippen LogP contribution in [-0.4, -0.2) is 29.7 Å². The maximum absolute atomic E-state index is 2.53. The van der Waals surface area contributed by atoms with Gasteiger partial charge < -0.3 is 4.48 Å². The zero-order chi connectivity index (χ0) is 11.9. The number of hydrogen-bond donors (Lipinski definition) is 0. The highest BCUT2D eigenvalue weighted by atomic mass is 15.4. The average Bonchev–Trinajstić information content (AvgIpc) is 2.73. The van der Waals surface area contributed by atoms with Gasteiger partial charge >= 0.3 is 0 Å². The van der Waals surface area contributed by atoms with Gasteiger partial charge in [0.25, 0.3) is 0 Å². The maximum atomic E-state index is 2.53. The van der Waals surface area contributed by atoms with Crippen LogP contribution in [0.1, 0.15) is 53.9 Å². The lowest BCUT2D eigenvalue weighted by Gasteiger charge is -2.46. The van der Waals surface area contributed by atoms with Crippen molar-refractivity contribution in [2.75, 3.05) is 13.1 Å². The van der Waals surface area contributed by atoms with Gasteiger partial charge in [0.15, 0.2) is 0 Å². The highest BCUT2D eigenvalue weighted by Crippen LogP contribution is 2.41. The minimum absolute atomic E-state index is 0.873. The Morgan fingerprint density at radius 2 is 1.38 bits per heavy atom. The lowest BCUT2D eigenvalue weighted by Crippen LogP contribution is -2.58. The van der Waals surface area contributed by atoms with E-state index in [0.717, 1.165) is 29.8 Å². The fraction of sp³-hybridized carbons (Fsp3) is 1.00. The third-order valence-electron chi connectivity index (χ3n) is 6.29. The molecule has 0 saturated carbocycles. The second kappa shape index (κ2) is 4.33. The predicted molar refractivity (Wildman–Crippen MR) is 70.3 cm³/mol. The van der Waals surface area contributed by atoms with Crippen LogP contribution in [0.15, 0.2) is 0 Å².